The van der Waals surface area contributed by atoms with E-state index < -0.39 is 13.5 Å². The summed E-state index contributed by atoms with van der Waals surface area (Å²) in [6.07, 6.45) is -0.223. The number of amides is 1. The molecule has 0 atom stereocenters. The van der Waals surface area contributed by atoms with Crippen LogP contribution in [-0.2, 0) is 13.6 Å². The molecule has 0 fully saturated rings. The van der Waals surface area contributed by atoms with Crippen LogP contribution in [0.5, 0.6) is 0 Å². The molecular weight excluding hydrogens is 303 g/mol. The Hall–Kier alpha value is -1.07. The van der Waals surface area contributed by atoms with Crippen molar-refractivity contribution in [2.45, 2.75) is 13.8 Å². The number of benzene rings is 1. The van der Waals surface area contributed by atoms with Crippen molar-refractivity contribution in [3.8, 4) is 0 Å². The van der Waals surface area contributed by atoms with Gasteiger partial charge in [-0.25, -0.2) is 0 Å². The fraction of sp³-hybridized carbons (Fsp3) is 0.417. The molecule has 3 N–H and O–H groups in total. The molecule has 1 rings (SSSR count). The molecule has 6 nitrogen and oxygen atoms in total. The number of rotatable bonds is 7. The quantitative estimate of drug-likeness (QED) is 0.595. The number of halogens is 1. The molecule has 0 aliphatic rings. The van der Waals surface area contributed by atoms with Gasteiger partial charge in [0.15, 0.2) is 0 Å². The first kappa shape index (κ1) is 17.0. The highest BCUT2D eigenvalue weighted by Crippen LogP contribution is 2.46. The summed E-state index contributed by atoms with van der Waals surface area (Å²) in [5, 5.41) is 2.77. The molecule has 0 bridgehead atoms. The van der Waals surface area contributed by atoms with Crippen molar-refractivity contribution < 1.29 is 18.4 Å². The Morgan fingerprint density at radius 1 is 1.35 bits per heavy atom. The standard InChI is InChI=1S/C12H18ClN2O4P/c1-3-18-20(17,19-4-2)8-15-12(16)9-6-5-7-10(13)11(9)14/h5-7H,3-4,8,14H2,1-2H3,(H,15,16). The van der Waals surface area contributed by atoms with Gasteiger partial charge in [0.05, 0.1) is 29.5 Å². The molecule has 0 heterocycles. The maximum atomic E-state index is 12.2. The zero-order valence-corrected chi connectivity index (χ0v) is 13.0. The number of nitrogens with one attached hydrogen (secondary N) is 1. The number of hydrogen-bond donors (Lipinski definition) is 2. The van der Waals surface area contributed by atoms with Gasteiger partial charge in [0, 0.05) is 0 Å². The van der Waals surface area contributed by atoms with Crippen LogP contribution >= 0.6 is 19.2 Å². The molecule has 0 saturated carbocycles. The summed E-state index contributed by atoms with van der Waals surface area (Å²) in [6, 6.07) is 4.72. The molecule has 1 amide bonds. The summed E-state index contributed by atoms with van der Waals surface area (Å²) >= 11 is 5.84. The second-order valence-corrected chi connectivity index (χ2v) is 6.27. The maximum absolute atomic E-state index is 12.2. The van der Waals surface area contributed by atoms with E-state index in [0.29, 0.717) is 0 Å². The number of nitrogen functional groups attached to an aromatic ring is 1. The number of anilines is 1. The van der Waals surface area contributed by atoms with Crippen LogP contribution in [0.2, 0.25) is 5.02 Å². The van der Waals surface area contributed by atoms with Gasteiger partial charge in [-0.2, -0.15) is 0 Å². The van der Waals surface area contributed by atoms with E-state index in [1.165, 1.54) is 6.07 Å². The van der Waals surface area contributed by atoms with Crippen LogP contribution in [0.4, 0.5) is 5.69 Å². The molecular formula is C12H18ClN2O4P. The summed E-state index contributed by atoms with van der Waals surface area (Å²) < 4.78 is 22.3. The van der Waals surface area contributed by atoms with Gasteiger partial charge >= 0.3 is 7.60 Å². The average Bonchev–Trinajstić information content (AvgIpc) is 2.40. The topological polar surface area (TPSA) is 90.7 Å². The molecule has 8 heteroatoms. The summed E-state index contributed by atoms with van der Waals surface area (Å²) in [4.78, 5) is 12.0. The van der Waals surface area contributed by atoms with Crippen molar-refractivity contribution in [1.29, 1.82) is 0 Å². The lowest BCUT2D eigenvalue weighted by Gasteiger charge is -2.17. The first-order valence-corrected chi connectivity index (χ1v) is 8.24. The smallest absolute Gasteiger partial charge is 0.349 e. The summed E-state index contributed by atoms with van der Waals surface area (Å²) in [7, 11) is -3.33. The van der Waals surface area contributed by atoms with E-state index in [-0.39, 0.29) is 35.8 Å². The predicted octanol–water partition coefficient (Wildman–Crippen LogP) is 2.88. The van der Waals surface area contributed by atoms with Crippen molar-refractivity contribution >= 4 is 30.8 Å². The number of carbonyl (C=O) groups is 1. The molecule has 20 heavy (non-hydrogen) atoms. The molecule has 112 valence electrons. The number of nitrogens with two attached hydrogens (primary N) is 1. The predicted molar refractivity (Wildman–Crippen MR) is 79.1 cm³/mol. The molecule has 0 radical (unpaired) electrons. The summed E-state index contributed by atoms with van der Waals surface area (Å²) in [5.74, 6) is -0.482. The van der Waals surface area contributed by atoms with Crippen LogP contribution in [0.25, 0.3) is 0 Å². The van der Waals surface area contributed by atoms with Crippen molar-refractivity contribution in [2.75, 3.05) is 25.2 Å². The molecule has 0 unspecified atom stereocenters. The minimum atomic E-state index is -3.33. The molecule has 1 aromatic rings. The van der Waals surface area contributed by atoms with Crippen LogP contribution in [0.3, 0.4) is 0 Å². The normalized spacial score (nSPS) is 11.3. The van der Waals surface area contributed by atoms with Crippen LogP contribution in [0.15, 0.2) is 18.2 Å². The lowest BCUT2D eigenvalue weighted by atomic mass is 10.2. The second kappa shape index (κ2) is 7.64. The van der Waals surface area contributed by atoms with Gasteiger partial charge in [0.25, 0.3) is 5.91 Å². The highest BCUT2D eigenvalue weighted by Gasteiger charge is 2.25. The van der Waals surface area contributed by atoms with Crippen molar-refractivity contribution in [1.82, 2.24) is 5.32 Å². The SMILES string of the molecule is CCOP(=O)(CNC(=O)c1cccc(Cl)c1N)OCC. The Morgan fingerprint density at radius 2 is 1.95 bits per heavy atom. The number of para-hydroxylation sites is 1. The number of hydrogen-bond acceptors (Lipinski definition) is 5. The lowest BCUT2D eigenvalue weighted by molar-refractivity contribution is 0.0955. The van der Waals surface area contributed by atoms with Crippen LogP contribution < -0.4 is 11.1 Å². The minimum absolute atomic E-state index is 0.175. The summed E-state index contributed by atoms with van der Waals surface area (Å²) in [6.45, 7) is 3.85. The average molecular weight is 321 g/mol. The highest BCUT2D eigenvalue weighted by molar-refractivity contribution is 7.53. The van der Waals surface area contributed by atoms with Gasteiger partial charge in [-0.3, -0.25) is 9.36 Å². The molecule has 0 aromatic heterocycles. The largest absolute Gasteiger partial charge is 0.397 e. The Labute approximate surface area is 123 Å². The number of carbonyl (C=O) groups excluding carboxylic acids is 1. The molecule has 1 aromatic carbocycles. The third-order valence-electron chi connectivity index (χ3n) is 2.38. The van der Waals surface area contributed by atoms with Gasteiger partial charge in [-0.05, 0) is 26.0 Å². The van der Waals surface area contributed by atoms with Crippen molar-refractivity contribution in [3.05, 3.63) is 28.8 Å². The van der Waals surface area contributed by atoms with Gasteiger partial charge in [0.2, 0.25) is 0 Å². The third kappa shape index (κ3) is 4.49. The molecule has 0 spiro atoms. The molecule has 0 saturated heterocycles. The van der Waals surface area contributed by atoms with Crippen LogP contribution in [0.1, 0.15) is 24.2 Å². The van der Waals surface area contributed by atoms with E-state index in [9.17, 15) is 9.36 Å². The van der Waals surface area contributed by atoms with Crippen LogP contribution in [-0.4, -0.2) is 25.4 Å². The Bertz CT molecular complexity index is 514. The summed E-state index contributed by atoms with van der Waals surface area (Å²) in [5.41, 5.74) is 6.11. The lowest BCUT2D eigenvalue weighted by Crippen LogP contribution is -2.26. The monoisotopic (exact) mass is 320 g/mol. The third-order valence-corrected chi connectivity index (χ3v) is 4.56. The van der Waals surface area contributed by atoms with Crippen LogP contribution in [0, 0.1) is 0 Å². The minimum Gasteiger partial charge on any atom is -0.397 e. The molecule has 0 aliphatic heterocycles. The zero-order chi connectivity index (χ0) is 15.2. The van der Waals surface area contributed by atoms with E-state index in [0.717, 1.165) is 0 Å². The van der Waals surface area contributed by atoms with E-state index >= 15 is 0 Å². The van der Waals surface area contributed by atoms with Gasteiger partial charge < -0.3 is 20.1 Å². The Kier molecular flexibility index (Phi) is 6.49. The first-order valence-electron chi connectivity index (χ1n) is 6.13. The Morgan fingerprint density at radius 3 is 2.50 bits per heavy atom. The van der Waals surface area contributed by atoms with E-state index in [2.05, 4.69) is 5.32 Å². The fourth-order valence-corrected chi connectivity index (χ4v) is 3.08. The first-order chi connectivity index (χ1) is 9.43. The highest BCUT2D eigenvalue weighted by atomic mass is 35.5. The van der Waals surface area contributed by atoms with E-state index in [1.807, 2.05) is 0 Å². The van der Waals surface area contributed by atoms with Gasteiger partial charge in [0.1, 0.15) is 6.29 Å². The van der Waals surface area contributed by atoms with Gasteiger partial charge in [-0.15, -0.1) is 0 Å². The van der Waals surface area contributed by atoms with Crippen molar-refractivity contribution in [3.63, 3.8) is 0 Å². The van der Waals surface area contributed by atoms with Crippen molar-refractivity contribution in [2.24, 2.45) is 0 Å². The fourth-order valence-electron chi connectivity index (χ4n) is 1.52. The molecule has 0 aliphatic carbocycles. The van der Waals surface area contributed by atoms with E-state index in [4.69, 9.17) is 26.4 Å². The zero-order valence-electron chi connectivity index (χ0n) is 11.4. The van der Waals surface area contributed by atoms with Gasteiger partial charge in [-0.1, -0.05) is 17.7 Å². The Balaban J connectivity index is 2.75. The maximum Gasteiger partial charge on any atom is 0.349 e. The van der Waals surface area contributed by atoms with E-state index in [1.54, 1.807) is 26.0 Å². The second-order valence-electron chi connectivity index (χ2n) is 3.81.